The van der Waals surface area contributed by atoms with E-state index in [0.29, 0.717) is 5.56 Å². The SMILES string of the molecule is Cc1ccc2cc(C(=O)N3CCS(=O)(=O)CC3)ccc2n1. The highest BCUT2D eigenvalue weighted by molar-refractivity contribution is 7.91. The maximum atomic E-state index is 12.4. The molecule has 1 amide bonds. The third-order valence-corrected chi connectivity index (χ3v) is 5.32. The van der Waals surface area contributed by atoms with Crippen molar-refractivity contribution in [3.05, 3.63) is 41.6 Å². The van der Waals surface area contributed by atoms with Gasteiger partial charge in [-0.3, -0.25) is 9.78 Å². The van der Waals surface area contributed by atoms with Crippen molar-refractivity contribution in [2.45, 2.75) is 6.92 Å². The van der Waals surface area contributed by atoms with Gasteiger partial charge in [-0.25, -0.2) is 8.42 Å². The number of hydrogen-bond acceptors (Lipinski definition) is 4. The number of nitrogens with zero attached hydrogens (tertiary/aromatic N) is 2. The third-order valence-electron chi connectivity index (χ3n) is 3.71. The fourth-order valence-electron chi connectivity index (χ4n) is 2.46. The van der Waals surface area contributed by atoms with Gasteiger partial charge in [0.05, 0.1) is 17.0 Å². The summed E-state index contributed by atoms with van der Waals surface area (Å²) in [5, 5.41) is 0.913. The van der Waals surface area contributed by atoms with E-state index in [9.17, 15) is 13.2 Å². The van der Waals surface area contributed by atoms with Crippen LogP contribution in [0.5, 0.6) is 0 Å². The normalized spacial score (nSPS) is 17.9. The highest BCUT2D eigenvalue weighted by atomic mass is 32.2. The van der Waals surface area contributed by atoms with Crippen LogP contribution in [0.25, 0.3) is 10.9 Å². The molecule has 0 atom stereocenters. The number of fused-ring (bicyclic) bond motifs is 1. The summed E-state index contributed by atoms with van der Waals surface area (Å²) in [7, 11) is -2.97. The first kappa shape index (κ1) is 14.0. The Labute approximate surface area is 123 Å². The molecule has 2 heterocycles. The highest BCUT2D eigenvalue weighted by Crippen LogP contribution is 2.17. The molecule has 5 nitrogen and oxygen atoms in total. The van der Waals surface area contributed by atoms with Crippen LogP contribution in [0, 0.1) is 6.92 Å². The largest absolute Gasteiger partial charge is 0.337 e. The van der Waals surface area contributed by atoms with Crippen LogP contribution < -0.4 is 0 Å². The van der Waals surface area contributed by atoms with E-state index in [1.165, 1.54) is 0 Å². The maximum Gasteiger partial charge on any atom is 0.253 e. The molecule has 1 aromatic heterocycles. The fraction of sp³-hybridized carbons (Fsp3) is 0.333. The number of carbonyl (C=O) groups excluding carboxylic acids is 1. The summed E-state index contributed by atoms with van der Waals surface area (Å²) in [6.45, 7) is 2.46. The second-order valence-electron chi connectivity index (χ2n) is 5.30. The van der Waals surface area contributed by atoms with Crippen molar-refractivity contribution in [3.63, 3.8) is 0 Å². The zero-order valence-electron chi connectivity index (χ0n) is 11.7. The summed E-state index contributed by atoms with van der Waals surface area (Å²) in [4.78, 5) is 18.4. The number of rotatable bonds is 1. The van der Waals surface area contributed by atoms with Gasteiger partial charge in [0.25, 0.3) is 5.91 Å². The topological polar surface area (TPSA) is 67.3 Å². The number of benzene rings is 1. The van der Waals surface area contributed by atoms with Crippen LogP contribution >= 0.6 is 0 Å². The molecule has 1 aromatic carbocycles. The average molecular weight is 304 g/mol. The molecule has 3 rings (SSSR count). The molecule has 1 aliphatic heterocycles. The Morgan fingerprint density at radius 1 is 1.14 bits per heavy atom. The second-order valence-corrected chi connectivity index (χ2v) is 7.61. The van der Waals surface area contributed by atoms with E-state index in [4.69, 9.17) is 0 Å². The van der Waals surface area contributed by atoms with Crippen molar-refractivity contribution in [2.75, 3.05) is 24.6 Å². The summed E-state index contributed by atoms with van der Waals surface area (Å²) in [5.41, 5.74) is 2.36. The van der Waals surface area contributed by atoms with Crippen molar-refractivity contribution < 1.29 is 13.2 Å². The number of hydrogen-bond donors (Lipinski definition) is 0. The molecule has 2 aromatic rings. The maximum absolute atomic E-state index is 12.4. The first-order valence-electron chi connectivity index (χ1n) is 6.82. The molecule has 6 heteroatoms. The van der Waals surface area contributed by atoms with Crippen LogP contribution in [0.3, 0.4) is 0 Å². The Morgan fingerprint density at radius 3 is 2.57 bits per heavy atom. The molecule has 110 valence electrons. The van der Waals surface area contributed by atoms with E-state index >= 15 is 0 Å². The van der Waals surface area contributed by atoms with Crippen molar-refractivity contribution in [1.29, 1.82) is 0 Å². The molecule has 1 aliphatic rings. The van der Waals surface area contributed by atoms with E-state index < -0.39 is 9.84 Å². The molecule has 0 aliphatic carbocycles. The van der Waals surface area contributed by atoms with Crippen molar-refractivity contribution >= 4 is 26.6 Å². The lowest BCUT2D eigenvalue weighted by molar-refractivity contribution is 0.0770. The average Bonchev–Trinajstić information content (AvgIpc) is 2.46. The lowest BCUT2D eigenvalue weighted by atomic mass is 10.1. The Hall–Kier alpha value is -1.95. The molecule has 0 saturated carbocycles. The Morgan fingerprint density at radius 2 is 1.86 bits per heavy atom. The third kappa shape index (κ3) is 2.90. The molecular weight excluding hydrogens is 288 g/mol. The van der Waals surface area contributed by atoms with Crippen molar-refractivity contribution in [1.82, 2.24) is 9.88 Å². The zero-order chi connectivity index (χ0) is 15.0. The predicted octanol–water partition coefficient (Wildman–Crippen LogP) is 1.41. The number of amides is 1. The molecule has 21 heavy (non-hydrogen) atoms. The number of pyridine rings is 1. The molecule has 0 unspecified atom stereocenters. The van der Waals surface area contributed by atoms with Gasteiger partial charge in [0.15, 0.2) is 9.84 Å². The van der Waals surface area contributed by atoms with Gasteiger partial charge in [-0.2, -0.15) is 0 Å². The predicted molar refractivity (Wildman–Crippen MR) is 81.0 cm³/mol. The van der Waals surface area contributed by atoms with Gasteiger partial charge >= 0.3 is 0 Å². The van der Waals surface area contributed by atoms with Crippen LogP contribution in [0.15, 0.2) is 30.3 Å². The molecule has 0 spiro atoms. The van der Waals surface area contributed by atoms with Crippen LogP contribution in [0.1, 0.15) is 16.1 Å². The molecule has 0 bridgehead atoms. The van der Waals surface area contributed by atoms with E-state index in [1.54, 1.807) is 11.0 Å². The zero-order valence-corrected chi connectivity index (χ0v) is 12.6. The van der Waals surface area contributed by atoms with E-state index in [2.05, 4.69) is 4.98 Å². The van der Waals surface area contributed by atoms with Crippen molar-refractivity contribution in [2.24, 2.45) is 0 Å². The number of sulfone groups is 1. The van der Waals surface area contributed by atoms with Gasteiger partial charge in [-0.05, 0) is 31.2 Å². The smallest absolute Gasteiger partial charge is 0.253 e. The molecule has 1 saturated heterocycles. The van der Waals surface area contributed by atoms with Gasteiger partial charge in [-0.1, -0.05) is 6.07 Å². The van der Waals surface area contributed by atoms with Gasteiger partial charge in [-0.15, -0.1) is 0 Å². The summed E-state index contributed by atoms with van der Waals surface area (Å²) in [6, 6.07) is 9.24. The van der Waals surface area contributed by atoms with Crippen LogP contribution in [0.4, 0.5) is 0 Å². The quantitative estimate of drug-likeness (QED) is 0.799. The first-order valence-corrected chi connectivity index (χ1v) is 8.64. The molecule has 1 fully saturated rings. The fourth-order valence-corrected chi connectivity index (χ4v) is 3.66. The monoisotopic (exact) mass is 304 g/mol. The highest BCUT2D eigenvalue weighted by Gasteiger charge is 2.25. The lowest BCUT2D eigenvalue weighted by Gasteiger charge is -2.26. The van der Waals surface area contributed by atoms with Crippen LogP contribution in [-0.4, -0.2) is 48.8 Å². The minimum atomic E-state index is -2.97. The Bertz CT molecular complexity index is 801. The second kappa shape index (κ2) is 5.11. The van der Waals surface area contributed by atoms with E-state index in [1.807, 2.05) is 31.2 Å². The van der Waals surface area contributed by atoms with Gasteiger partial charge in [0.1, 0.15) is 0 Å². The molecule has 0 N–H and O–H groups in total. The van der Waals surface area contributed by atoms with Gasteiger partial charge < -0.3 is 4.90 Å². The van der Waals surface area contributed by atoms with Crippen molar-refractivity contribution in [3.8, 4) is 0 Å². The van der Waals surface area contributed by atoms with E-state index in [-0.39, 0.29) is 30.5 Å². The Kier molecular flexibility index (Phi) is 3.41. The minimum Gasteiger partial charge on any atom is -0.337 e. The van der Waals surface area contributed by atoms with Crippen LogP contribution in [-0.2, 0) is 9.84 Å². The number of carbonyl (C=O) groups is 1. The first-order chi connectivity index (χ1) is 9.94. The van der Waals surface area contributed by atoms with Crippen LogP contribution in [0.2, 0.25) is 0 Å². The van der Waals surface area contributed by atoms with Gasteiger partial charge in [0, 0.05) is 29.7 Å². The van der Waals surface area contributed by atoms with E-state index in [0.717, 1.165) is 16.6 Å². The standard InChI is InChI=1S/C15H16N2O3S/c1-11-2-3-12-10-13(4-5-14(12)16-11)15(18)17-6-8-21(19,20)9-7-17/h2-5,10H,6-9H2,1H3. The summed E-state index contributed by atoms with van der Waals surface area (Å²) in [6.07, 6.45) is 0. The minimum absolute atomic E-state index is 0.0487. The number of aryl methyl sites for hydroxylation is 1. The summed E-state index contributed by atoms with van der Waals surface area (Å²) < 4.78 is 22.8. The summed E-state index contributed by atoms with van der Waals surface area (Å²) >= 11 is 0. The molecular formula is C15H16N2O3S. The summed E-state index contributed by atoms with van der Waals surface area (Å²) in [5.74, 6) is -0.0208. The lowest BCUT2D eigenvalue weighted by Crippen LogP contribution is -2.43. The number of aromatic nitrogens is 1. The van der Waals surface area contributed by atoms with Gasteiger partial charge in [0.2, 0.25) is 0 Å². The Balaban J connectivity index is 1.86. The molecule has 0 radical (unpaired) electrons.